The van der Waals surface area contributed by atoms with E-state index in [0.29, 0.717) is 23.9 Å². The van der Waals surface area contributed by atoms with E-state index in [4.69, 9.17) is 16.3 Å². The summed E-state index contributed by atoms with van der Waals surface area (Å²) in [6.45, 7) is 2.81. The van der Waals surface area contributed by atoms with E-state index in [0.717, 1.165) is 5.56 Å². The van der Waals surface area contributed by atoms with Crippen LogP contribution in [0.25, 0.3) is 0 Å². The SMILES string of the molecule is CCOCc1ccccc1NS(=O)(=O)c1ccc(Cl)cc1. The molecule has 4 nitrogen and oxygen atoms in total. The second-order valence-electron chi connectivity index (χ2n) is 4.35. The van der Waals surface area contributed by atoms with E-state index in [1.54, 1.807) is 24.3 Å². The summed E-state index contributed by atoms with van der Waals surface area (Å²) in [4.78, 5) is 0.165. The van der Waals surface area contributed by atoms with Gasteiger partial charge in [0.1, 0.15) is 0 Å². The Morgan fingerprint density at radius 1 is 1.10 bits per heavy atom. The monoisotopic (exact) mass is 325 g/mol. The predicted octanol–water partition coefficient (Wildman–Crippen LogP) is 3.68. The number of benzene rings is 2. The van der Waals surface area contributed by atoms with Crippen molar-refractivity contribution in [2.24, 2.45) is 0 Å². The Morgan fingerprint density at radius 2 is 1.76 bits per heavy atom. The summed E-state index contributed by atoms with van der Waals surface area (Å²) in [5.74, 6) is 0. The summed E-state index contributed by atoms with van der Waals surface area (Å²) in [5.41, 5.74) is 1.30. The summed E-state index contributed by atoms with van der Waals surface area (Å²) < 4.78 is 32.6. The molecule has 112 valence electrons. The molecule has 0 amide bonds. The number of halogens is 1. The van der Waals surface area contributed by atoms with Crippen molar-refractivity contribution < 1.29 is 13.2 Å². The summed E-state index contributed by atoms with van der Waals surface area (Å²) in [7, 11) is -3.64. The third-order valence-electron chi connectivity index (χ3n) is 2.85. The maximum Gasteiger partial charge on any atom is 0.261 e. The first kappa shape index (κ1) is 15.8. The Hall–Kier alpha value is -1.56. The maximum absolute atomic E-state index is 12.3. The second-order valence-corrected chi connectivity index (χ2v) is 6.47. The average Bonchev–Trinajstić information content (AvgIpc) is 2.46. The van der Waals surface area contributed by atoms with E-state index in [1.165, 1.54) is 12.1 Å². The van der Waals surface area contributed by atoms with Crippen molar-refractivity contribution in [2.45, 2.75) is 18.4 Å². The number of ether oxygens (including phenoxy) is 1. The fourth-order valence-corrected chi connectivity index (χ4v) is 3.00. The Bertz CT molecular complexity index is 699. The molecular weight excluding hydrogens is 310 g/mol. The largest absolute Gasteiger partial charge is 0.377 e. The highest BCUT2D eigenvalue weighted by molar-refractivity contribution is 7.92. The summed E-state index contributed by atoms with van der Waals surface area (Å²) in [5, 5.41) is 0.491. The highest BCUT2D eigenvalue weighted by Crippen LogP contribution is 2.21. The summed E-state index contributed by atoms with van der Waals surface area (Å²) in [6.07, 6.45) is 0. The third-order valence-corrected chi connectivity index (χ3v) is 4.48. The van der Waals surface area contributed by atoms with Crippen LogP contribution in [0.4, 0.5) is 5.69 Å². The number of sulfonamides is 1. The Labute approximate surface area is 129 Å². The molecule has 1 N–H and O–H groups in total. The van der Waals surface area contributed by atoms with Crippen LogP contribution in [0.3, 0.4) is 0 Å². The molecule has 2 aromatic rings. The lowest BCUT2D eigenvalue weighted by Crippen LogP contribution is -2.14. The van der Waals surface area contributed by atoms with Crippen LogP contribution in [-0.2, 0) is 21.4 Å². The standard InChI is InChI=1S/C15H16ClNO3S/c1-2-20-11-12-5-3-4-6-15(12)17-21(18,19)14-9-7-13(16)8-10-14/h3-10,17H,2,11H2,1H3. The molecule has 2 aromatic carbocycles. The van der Waals surface area contributed by atoms with Crippen LogP contribution in [-0.4, -0.2) is 15.0 Å². The van der Waals surface area contributed by atoms with Crippen LogP contribution in [0.1, 0.15) is 12.5 Å². The van der Waals surface area contributed by atoms with E-state index >= 15 is 0 Å². The number of nitrogens with one attached hydrogen (secondary N) is 1. The van der Waals surface area contributed by atoms with Crippen LogP contribution in [0.15, 0.2) is 53.4 Å². The number of hydrogen-bond acceptors (Lipinski definition) is 3. The number of anilines is 1. The molecule has 0 fully saturated rings. The van der Waals surface area contributed by atoms with Gasteiger partial charge in [-0.05, 0) is 37.3 Å². The third kappa shape index (κ3) is 4.20. The normalized spacial score (nSPS) is 11.3. The second kappa shape index (κ2) is 6.93. The van der Waals surface area contributed by atoms with Crippen LogP contribution in [0.5, 0.6) is 0 Å². The van der Waals surface area contributed by atoms with Crippen LogP contribution in [0.2, 0.25) is 5.02 Å². The molecule has 0 saturated carbocycles. The minimum absolute atomic E-state index is 0.165. The van der Waals surface area contributed by atoms with Crippen LogP contribution >= 0.6 is 11.6 Å². The van der Waals surface area contributed by atoms with Gasteiger partial charge in [-0.25, -0.2) is 8.42 Å². The Morgan fingerprint density at radius 3 is 2.43 bits per heavy atom. The van der Waals surface area contributed by atoms with E-state index in [1.807, 2.05) is 19.1 Å². The minimum atomic E-state index is -3.64. The van der Waals surface area contributed by atoms with Gasteiger partial charge in [-0.2, -0.15) is 0 Å². The van der Waals surface area contributed by atoms with Gasteiger partial charge in [0.15, 0.2) is 0 Å². The van der Waals surface area contributed by atoms with E-state index in [2.05, 4.69) is 4.72 Å². The molecule has 0 saturated heterocycles. The topological polar surface area (TPSA) is 55.4 Å². The van der Waals surface area contributed by atoms with Gasteiger partial charge in [0, 0.05) is 17.2 Å². The first-order valence-corrected chi connectivity index (χ1v) is 8.33. The molecule has 2 rings (SSSR count). The van der Waals surface area contributed by atoms with Crippen molar-refractivity contribution in [1.82, 2.24) is 0 Å². The molecule has 6 heteroatoms. The molecule has 0 bridgehead atoms. The van der Waals surface area contributed by atoms with Gasteiger partial charge in [-0.1, -0.05) is 29.8 Å². The highest BCUT2D eigenvalue weighted by Gasteiger charge is 2.15. The number of para-hydroxylation sites is 1. The van der Waals surface area contributed by atoms with Gasteiger partial charge in [-0.3, -0.25) is 4.72 Å². The smallest absolute Gasteiger partial charge is 0.261 e. The van der Waals surface area contributed by atoms with Gasteiger partial charge in [0.2, 0.25) is 0 Å². The van der Waals surface area contributed by atoms with Crippen molar-refractivity contribution in [1.29, 1.82) is 0 Å². The molecule has 0 aliphatic rings. The lowest BCUT2D eigenvalue weighted by molar-refractivity contribution is 0.134. The summed E-state index contributed by atoms with van der Waals surface area (Å²) >= 11 is 5.77. The van der Waals surface area contributed by atoms with Crippen molar-refractivity contribution in [3.05, 3.63) is 59.1 Å². The van der Waals surface area contributed by atoms with Crippen molar-refractivity contribution in [3.63, 3.8) is 0 Å². The van der Waals surface area contributed by atoms with Gasteiger partial charge < -0.3 is 4.74 Å². The van der Waals surface area contributed by atoms with Crippen molar-refractivity contribution >= 4 is 27.3 Å². The fourth-order valence-electron chi connectivity index (χ4n) is 1.78. The quantitative estimate of drug-likeness (QED) is 0.881. The molecule has 0 radical (unpaired) electrons. The molecule has 0 spiro atoms. The zero-order valence-corrected chi connectivity index (χ0v) is 13.1. The number of hydrogen-bond donors (Lipinski definition) is 1. The van der Waals surface area contributed by atoms with Crippen LogP contribution < -0.4 is 4.72 Å². The molecule has 21 heavy (non-hydrogen) atoms. The van der Waals surface area contributed by atoms with Gasteiger partial charge >= 0.3 is 0 Å². The maximum atomic E-state index is 12.3. The first-order chi connectivity index (χ1) is 10.0. The predicted molar refractivity (Wildman–Crippen MR) is 84.0 cm³/mol. The summed E-state index contributed by atoms with van der Waals surface area (Å²) in [6, 6.07) is 13.2. The van der Waals surface area contributed by atoms with Gasteiger partial charge in [0.05, 0.1) is 17.2 Å². The van der Waals surface area contributed by atoms with E-state index < -0.39 is 10.0 Å². The minimum Gasteiger partial charge on any atom is -0.377 e. The molecule has 0 atom stereocenters. The molecule has 0 unspecified atom stereocenters. The zero-order valence-electron chi connectivity index (χ0n) is 11.5. The molecule has 0 heterocycles. The van der Waals surface area contributed by atoms with Crippen molar-refractivity contribution in [3.8, 4) is 0 Å². The molecule has 0 aromatic heterocycles. The zero-order chi connectivity index (χ0) is 15.3. The Balaban J connectivity index is 2.26. The average molecular weight is 326 g/mol. The molecule has 0 aliphatic heterocycles. The van der Waals surface area contributed by atoms with Crippen LogP contribution in [0, 0.1) is 0 Å². The first-order valence-electron chi connectivity index (χ1n) is 6.47. The number of rotatable bonds is 6. The molecular formula is C15H16ClNO3S. The highest BCUT2D eigenvalue weighted by atomic mass is 35.5. The fraction of sp³-hybridized carbons (Fsp3) is 0.200. The lowest BCUT2D eigenvalue weighted by Gasteiger charge is -2.12. The molecule has 0 aliphatic carbocycles. The van der Waals surface area contributed by atoms with Gasteiger partial charge in [-0.15, -0.1) is 0 Å². The van der Waals surface area contributed by atoms with E-state index in [-0.39, 0.29) is 4.90 Å². The lowest BCUT2D eigenvalue weighted by atomic mass is 10.2. The van der Waals surface area contributed by atoms with Crippen molar-refractivity contribution in [2.75, 3.05) is 11.3 Å². The van der Waals surface area contributed by atoms with E-state index in [9.17, 15) is 8.42 Å². The van der Waals surface area contributed by atoms with Gasteiger partial charge in [0.25, 0.3) is 10.0 Å². The Kier molecular flexibility index (Phi) is 5.22.